The summed E-state index contributed by atoms with van der Waals surface area (Å²) in [6.07, 6.45) is 9.96. The SMILES string of the molecule is CC(C)CCCCCOC(=O)C1OC1C(=O)[O-].CC(C)CCCCCOC(=O)C1OC1C(=O)[O-].CCC[CH2][Sn+2][CH2]CCC. The number of carbonyl (C=O) groups excluding carboxylic acids is 4. The van der Waals surface area contributed by atoms with Crippen LogP contribution in [0.25, 0.3) is 0 Å². The molecule has 0 aromatic heterocycles. The van der Waals surface area contributed by atoms with E-state index in [1.807, 2.05) is 0 Å². The molecule has 0 saturated carbocycles. The molecule has 0 aromatic carbocycles. The molecule has 2 saturated heterocycles. The molecule has 4 atom stereocenters. The standard InChI is InChI=1S/2C12H20O5.2C4H9.Sn/c2*1-8(2)6-4-3-5-7-16-12(15)10-9(17-10)11(13)14;2*1-3-4-2;/h2*8-10H,3-7H2,1-2H3,(H,13,14);2*1,3-4H2,2H3;/q;;;;+2/p-2. The molecular formula is C32H56O10Sn. The topological polar surface area (TPSA) is 158 Å². The first-order valence-corrected chi connectivity index (χ1v) is 20.3. The fraction of sp³-hybridized carbons (Fsp3) is 0.875. The molecule has 2 rings (SSSR count). The van der Waals surface area contributed by atoms with Crippen molar-refractivity contribution in [1.29, 1.82) is 0 Å². The van der Waals surface area contributed by atoms with E-state index in [1.165, 1.54) is 38.5 Å². The minimum absolute atomic E-state index is 0.149. The van der Waals surface area contributed by atoms with Crippen LogP contribution in [0.2, 0.25) is 8.87 Å². The zero-order chi connectivity index (χ0) is 32.6. The van der Waals surface area contributed by atoms with Crippen LogP contribution in [0.5, 0.6) is 0 Å². The van der Waals surface area contributed by atoms with Crippen LogP contribution in [0.1, 0.15) is 119 Å². The molecule has 2 fully saturated rings. The first kappa shape index (κ1) is 41.6. The Morgan fingerprint density at radius 3 is 1.26 bits per heavy atom. The van der Waals surface area contributed by atoms with Gasteiger partial charge < -0.3 is 38.7 Å². The van der Waals surface area contributed by atoms with Crippen LogP contribution in [0.15, 0.2) is 0 Å². The number of unbranched alkanes of at least 4 members (excludes halogenated alkanes) is 6. The van der Waals surface area contributed by atoms with E-state index in [0.29, 0.717) is 25.0 Å². The Morgan fingerprint density at radius 1 is 0.605 bits per heavy atom. The van der Waals surface area contributed by atoms with Crippen LogP contribution < -0.4 is 10.2 Å². The first-order valence-electron chi connectivity index (χ1n) is 16.2. The van der Waals surface area contributed by atoms with E-state index in [9.17, 15) is 29.4 Å². The third-order valence-electron chi connectivity index (χ3n) is 6.67. The van der Waals surface area contributed by atoms with Crippen molar-refractivity contribution in [2.75, 3.05) is 13.2 Å². The maximum atomic E-state index is 11.2. The van der Waals surface area contributed by atoms with Gasteiger partial charge in [0.05, 0.1) is 25.2 Å². The normalized spacial score (nSPS) is 19.7. The Balaban J connectivity index is 0.000000648. The van der Waals surface area contributed by atoms with Gasteiger partial charge in [0.25, 0.3) is 0 Å². The van der Waals surface area contributed by atoms with Crippen LogP contribution in [0.4, 0.5) is 0 Å². The number of aliphatic carboxylic acids is 2. The second-order valence-corrected chi connectivity index (χ2v) is 16.2. The summed E-state index contributed by atoms with van der Waals surface area (Å²) in [5.41, 5.74) is 0. The molecule has 43 heavy (non-hydrogen) atoms. The molecule has 2 aliphatic heterocycles. The molecule has 0 radical (unpaired) electrons. The second kappa shape index (κ2) is 25.9. The number of esters is 2. The summed E-state index contributed by atoms with van der Waals surface area (Å²) < 4.78 is 22.3. The Bertz CT molecular complexity index is 711. The van der Waals surface area contributed by atoms with Crippen molar-refractivity contribution in [1.82, 2.24) is 0 Å². The predicted octanol–water partition coefficient (Wildman–Crippen LogP) is 3.65. The fourth-order valence-corrected chi connectivity index (χ4v) is 8.00. The average molecular weight is 720 g/mol. The number of carboxylic acid groups (broad SMARTS) is 2. The molecular weight excluding hydrogens is 663 g/mol. The van der Waals surface area contributed by atoms with Gasteiger partial charge >= 0.3 is 81.5 Å². The van der Waals surface area contributed by atoms with Crippen molar-refractivity contribution in [2.45, 2.75) is 152 Å². The zero-order valence-electron chi connectivity index (χ0n) is 27.4. The fourth-order valence-electron chi connectivity index (χ4n) is 3.84. The number of rotatable bonds is 22. The van der Waals surface area contributed by atoms with Gasteiger partial charge in [-0.3, -0.25) is 0 Å². The van der Waals surface area contributed by atoms with Gasteiger partial charge in [0.1, 0.15) is 12.2 Å². The van der Waals surface area contributed by atoms with E-state index in [0.717, 1.165) is 38.5 Å². The van der Waals surface area contributed by atoms with Gasteiger partial charge in [-0.25, -0.2) is 9.59 Å². The van der Waals surface area contributed by atoms with Gasteiger partial charge in [-0.1, -0.05) is 66.2 Å². The second-order valence-electron chi connectivity index (χ2n) is 11.9. The summed E-state index contributed by atoms with van der Waals surface area (Å²) in [5, 5.41) is 20.6. The third kappa shape index (κ3) is 23.6. The zero-order valence-corrected chi connectivity index (χ0v) is 30.2. The number of hydrogen-bond donors (Lipinski definition) is 0. The number of epoxide rings is 2. The molecule has 0 spiro atoms. The van der Waals surface area contributed by atoms with Crippen molar-refractivity contribution in [3.05, 3.63) is 0 Å². The van der Waals surface area contributed by atoms with E-state index in [2.05, 4.69) is 51.0 Å². The molecule has 248 valence electrons. The number of ether oxygens (including phenoxy) is 4. The molecule has 2 aliphatic rings. The molecule has 2 heterocycles. The number of carboxylic acids is 2. The molecule has 11 heteroatoms. The number of carbonyl (C=O) groups is 4. The minimum atomic E-state index is -1.36. The van der Waals surface area contributed by atoms with E-state index < -0.39 is 48.3 Å². The summed E-state index contributed by atoms with van der Waals surface area (Å²) in [5.74, 6) is -2.51. The van der Waals surface area contributed by atoms with Crippen LogP contribution in [0.3, 0.4) is 0 Å². The molecule has 0 N–H and O–H groups in total. The van der Waals surface area contributed by atoms with Crippen molar-refractivity contribution in [2.24, 2.45) is 11.8 Å². The van der Waals surface area contributed by atoms with Crippen molar-refractivity contribution >= 4 is 45.0 Å². The monoisotopic (exact) mass is 720 g/mol. The Hall–Kier alpha value is -1.40. The predicted molar refractivity (Wildman–Crippen MR) is 161 cm³/mol. The van der Waals surface area contributed by atoms with Crippen LogP contribution in [-0.4, -0.2) is 82.6 Å². The van der Waals surface area contributed by atoms with Crippen molar-refractivity contribution in [3.8, 4) is 0 Å². The molecule has 4 unspecified atom stereocenters. The molecule has 0 aliphatic carbocycles. The van der Waals surface area contributed by atoms with Gasteiger partial charge in [-0.05, 0) is 24.7 Å². The van der Waals surface area contributed by atoms with Gasteiger partial charge in [0.15, 0.2) is 12.2 Å². The van der Waals surface area contributed by atoms with Gasteiger partial charge in [0.2, 0.25) is 0 Å². The Kier molecular flexibility index (Phi) is 25.0. The van der Waals surface area contributed by atoms with Gasteiger partial charge in [-0.2, -0.15) is 0 Å². The molecule has 0 bridgehead atoms. The molecule has 10 nitrogen and oxygen atoms in total. The molecule has 0 amide bonds. The maximum absolute atomic E-state index is 11.2. The van der Waals surface area contributed by atoms with Crippen LogP contribution in [0, 0.1) is 11.8 Å². The number of hydrogen-bond acceptors (Lipinski definition) is 10. The van der Waals surface area contributed by atoms with E-state index >= 15 is 0 Å². The summed E-state index contributed by atoms with van der Waals surface area (Å²) >= 11 is 0.149. The quantitative estimate of drug-likeness (QED) is 0.0700. The van der Waals surface area contributed by atoms with Crippen molar-refractivity contribution in [3.63, 3.8) is 0 Å². The summed E-state index contributed by atoms with van der Waals surface area (Å²) in [6.45, 7) is 13.9. The summed E-state index contributed by atoms with van der Waals surface area (Å²) in [7, 11) is 0. The Morgan fingerprint density at radius 2 is 0.977 bits per heavy atom. The van der Waals surface area contributed by atoms with Crippen LogP contribution in [-0.2, 0) is 38.1 Å². The Labute approximate surface area is 269 Å². The van der Waals surface area contributed by atoms with Gasteiger partial charge in [-0.15, -0.1) is 0 Å². The van der Waals surface area contributed by atoms with E-state index in [-0.39, 0.29) is 21.1 Å². The van der Waals surface area contributed by atoms with E-state index in [4.69, 9.17) is 9.47 Å². The third-order valence-corrected chi connectivity index (χ3v) is 10.7. The van der Waals surface area contributed by atoms with E-state index in [1.54, 1.807) is 8.87 Å². The summed E-state index contributed by atoms with van der Waals surface area (Å²) in [4.78, 5) is 43.1. The molecule has 0 aromatic rings. The van der Waals surface area contributed by atoms with Crippen molar-refractivity contribution < 1.29 is 48.3 Å². The summed E-state index contributed by atoms with van der Waals surface area (Å²) in [6, 6.07) is 0. The first-order chi connectivity index (χ1) is 20.5. The van der Waals surface area contributed by atoms with Crippen LogP contribution >= 0.6 is 0 Å². The average Bonchev–Trinajstić information content (AvgIpc) is 3.86. The van der Waals surface area contributed by atoms with Gasteiger partial charge in [0, 0.05) is 0 Å².